The summed E-state index contributed by atoms with van der Waals surface area (Å²) < 4.78 is 0. The monoisotopic (exact) mass is 355 g/mol. The molecule has 1 aromatic rings. The molecule has 3 N–H and O–H groups in total. The maximum Gasteiger partial charge on any atom is 0.313 e. The molecule has 130 valence electrons. The van der Waals surface area contributed by atoms with Crippen LogP contribution in [0.5, 0.6) is 0 Å². The number of hydrogen-bond acceptors (Lipinski definition) is 6. The van der Waals surface area contributed by atoms with E-state index in [2.05, 4.69) is 20.9 Å². The van der Waals surface area contributed by atoms with Gasteiger partial charge < -0.3 is 16.0 Å². The number of halogens is 1. The number of carbonyl (C=O) groups excluding carboxylic acids is 2. The minimum Gasteiger partial charge on any atom is -0.347 e. The van der Waals surface area contributed by atoms with Gasteiger partial charge in [0.15, 0.2) is 0 Å². The highest BCUT2D eigenvalue weighted by Crippen LogP contribution is 2.26. The molecule has 2 rings (SSSR count). The van der Waals surface area contributed by atoms with E-state index < -0.39 is 16.7 Å². The molecule has 2 amide bonds. The summed E-state index contributed by atoms with van der Waals surface area (Å²) in [6.07, 6.45) is 0. The number of hydrogen-bond donors (Lipinski definition) is 3. The number of benzene rings is 1. The van der Waals surface area contributed by atoms with Crippen LogP contribution in [-0.2, 0) is 9.59 Å². The number of nitro benzene ring substituents is 1. The smallest absolute Gasteiger partial charge is 0.313 e. The Morgan fingerprint density at radius 3 is 2.67 bits per heavy atom. The van der Waals surface area contributed by atoms with Gasteiger partial charge in [-0.2, -0.15) is 0 Å². The Bertz CT molecular complexity index is 634. The Morgan fingerprint density at radius 2 is 2.00 bits per heavy atom. The second-order valence-electron chi connectivity index (χ2n) is 5.22. The summed E-state index contributed by atoms with van der Waals surface area (Å²) in [6.45, 7) is 4.59. The van der Waals surface area contributed by atoms with Crippen LogP contribution in [-0.4, -0.2) is 60.9 Å². The molecule has 24 heavy (non-hydrogen) atoms. The minimum atomic E-state index is -0.919. The Labute approximate surface area is 143 Å². The molecule has 1 aliphatic rings. The molecule has 0 atom stereocenters. The third-order valence-electron chi connectivity index (χ3n) is 3.54. The number of non-ortho nitro benzene ring substituents is 1. The van der Waals surface area contributed by atoms with Crippen LogP contribution in [0.15, 0.2) is 18.2 Å². The molecule has 0 aliphatic carbocycles. The van der Waals surface area contributed by atoms with Gasteiger partial charge in [0, 0.05) is 51.4 Å². The highest BCUT2D eigenvalue weighted by atomic mass is 35.5. The van der Waals surface area contributed by atoms with E-state index in [0.717, 1.165) is 32.2 Å². The predicted octanol–water partition coefficient (Wildman–Crippen LogP) is 0.208. The van der Waals surface area contributed by atoms with E-state index in [1.54, 1.807) is 0 Å². The molecule has 0 radical (unpaired) electrons. The summed E-state index contributed by atoms with van der Waals surface area (Å²) >= 11 is 5.87. The lowest BCUT2D eigenvalue weighted by molar-refractivity contribution is -0.384. The standard InChI is InChI=1S/C14H18ClN5O4/c15-11-2-1-10(20(23)24)9-12(11)18-14(22)13(21)17-5-8-19-6-3-16-4-7-19/h1-2,9,16H,3-8H2,(H,17,21)(H,18,22). The number of piperazine rings is 1. The van der Waals surface area contributed by atoms with E-state index in [0.29, 0.717) is 13.1 Å². The Morgan fingerprint density at radius 1 is 1.29 bits per heavy atom. The van der Waals surface area contributed by atoms with Crippen molar-refractivity contribution in [1.29, 1.82) is 0 Å². The molecule has 0 unspecified atom stereocenters. The van der Waals surface area contributed by atoms with Crippen LogP contribution < -0.4 is 16.0 Å². The van der Waals surface area contributed by atoms with Crippen molar-refractivity contribution in [1.82, 2.24) is 15.5 Å². The first-order chi connectivity index (χ1) is 11.5. The first-order valence-corrected chi connectivity index (χ1v) is 7.81. The SMILES string of the molecule is O=C(NCCN1CCNCC1)C(=O)Nc1cc([N+](=O)[O-])ccc1Cl. The zero-order valence-corrected chi connectivity index (χ0v) is 13.6. The van der Waals surface area contributed by atoms with Crippen LogP contribution in [0, 0.1) is 10.1 Å². The lowest BCUT2D eigenvalue weighted by atomic mass is 10.2. The summed E-state index contributed by atoms with van der Waals surface area (Å²) in [5.74, 6) is -1.73. The van der Waals surface area contributed by atoms with Crippen LogP contribution in [0.4, 0.5) is 11.4 Å². The van der Waals surface area contributed by atoms with Crippen molar-refractivity contribution < 1.29 is 14.5 Å². The number of rotatable bonds is 5. The highest BCUT2D eigenvalue weighted by molar-refractivity contribution is 6.41. The topological polar surface area (TPSA) is 117 Å². The van der Waals surface area contributed by atoms with Gasteiger partial charge >= 0.3 is 11.8 Å². The zero-order valence-electron chi connectivity index (χ0n) is 12.9. The predicted molar refractivity (Wildman–Crippen MR) is 89.1 cm³/mol. The van der Waals surface area contributed by atoms with Gasteiger partial charge in [-0.25, -0.2) is 0 Å². The number of amides is 2. The minimum absolute atomic E-state index is 0.0214. The largest absolute Gasteiger partial charge is 0.347 e. The Hall–Kier alpha value is -2.23. The molecule has 0 bridgehead atoms. The number of nitrogens with zero attached hydrogens (tertiary/aromatic N) is 2. The van der Waals surface area contributed by atoms with Crippen molar-refractivity contribution in [3.63, 3.8) is 0 Å². The van der Waals surface area contributed by atoms with Gasteiger partial charge in [-0.1, -0.05) is 11.6 Å². The van der Waals surface area contributed by atoms with Gasteiger partial charge in [-0.15, -0.1) is 0 Å². The van der Waals surface area contributed by atoms with E-state index >= 15 is 0 Å². The molecular formula is C14H18ClN5O4. The summed E-state index contributed by atoms with van der Waals surface area (Å²) in [7, 11) is 0. The van der Waals surface area contributed by atoms with Crippen molar-refractivity contribution in [3.05, 3.63) is 33.3 Å². The third-order valence-corrected chi connectivity index (χ3v) is 3.87. The van der Waals surface area contributed by atoms with Gasteiger partial charge in [0.05, 0.1) is 15.6 Å². The average Bonchev–Trinajstić information content (AvgIpc) is 2.57. The number of carbonyl (C=O) groups is 2. The van der Waals surface area contributed by atoms with E-state index in [1.165, 1.54) is 12.1 Å². The number of anilines is 1. The molecular weight excluding hydrogens is 338 g/mol. The summed E-state index contributed by atoms with van der Waals surface area (Å²) in [5.41, 5.74) is -0.207. The summed E-state index contributed by atoms with van der Waals surface area (Å²) in [6, 6.07) is 3.61. The van der Waals surface area contributed by atoms with Crippen molar-refractivity contribution in [2.24, 2.45) is 0 Å². The molecule has 1 aliphatic heterocycles. The normalized spacial score (nSPS) is 14.9. The van der Waals surface area contributed by atoms with Gasteiger partial charge in [0.1, 0.15) is 0 Å². The second kappa shape index (κ2) is 8.57. The van der Waals surface area contributed by atoms with E-state index in [1.807, 2.05) is 0 Å². The van der Waals surface area contributed by atoms with Crippen LogP contribution >= 0.6 is 11.6 Å². The van der Waals surface area contributed by atoms with E-state index in [4.69, 9.17) is 11.6 Å². The fourth-order valence-electron chi connectivity index (χ4n) is 2.24. The first-order valence-electron chi connectivity index (χ1n) is 7.43. The van der Waals surface area contributed by atoms with Gasteiger partial charge in [0.25, 0.3) is 5.69 Å². The molecule has 1 saturated heterocycles. The second-order valence-corrected chi connectivity index (χ2v) is 5.63. The van der Waals surface area contributed by atoms with Crippen molar-refractivity contribution in [3.8, 4) is 0 Å². The highest BCUT2D eigenvalue weighted by Gasteiger charge is 2.17. The fraction of sp³-hybridized carbons (Fsp3) is 0.429. The van der Waals surface area contributed by atoms with Crippen LogP contribution in [0.2, 0.25) is 5.02 Å². The molecule has 0 spiro atoms. The van der Waals surface area contributed by atoms with Gasteiger partial charge in [0.2, 0.25) is 0 Å². The first kappa shape index (κ1) is 18.1. The van der Waals surface area contributed by atoms with Crippen LogP contribution in [0.3, 0.4) is 0 Å². The maximum atomic E-state index is 11.9. The van der Waals surface area contributed by atoms with Crippen molar-refractivity contribution in [2.45, 2.75) is 0 Å². The lowest BCUT2D eigenvalue weighted by Crippen LogP contribution is -2.47. The lowest BCUT2D eigenvalue weighted by Gasteiger charge is -2.26. The zero-order chi connectivity index (χ0) is 17.5. The quantitative estimate of drug-likeness (QED) is 0.395. The van der Waals surface area contributed by atoms with Crippen molar-refractivity contribution in [2.75, 3.05) is 44.6 Å². The molecule has 9 nitrogen and oxygen atoms in total. The van der Waals surface area contributed by atoms with Crippen LogP contribution in [0.1, 0.15) is 0 Å². The molecule has 10 heteroatoms. The number of nitro groups is 1. The van der Waals surface area contributed by atoms with Gasteiger partial charge in [-0.05, 0) is 6.07 Å². The van der Waals surface area contributed by atoms with Crippen LogP contribution in [0.25, 0.3) is 0 Å². The summed E-state index contributed by atoms with van der Waals surface area (Å²) in [5, 5.41) is 18.9. The maximum absolute atomic E-state index is 11.9. The summed E-state index contributed by atoms with van der Waals surface area (Å²) in [4.78, 5) is 35.9. The van der Waals surface area contributed by atoms with Crippen molar-refractivity contribution >= 4 is 34.8 Å². The van der Waals surface area contributed by atoms with E-state index in [-0.39, 0.29) is 16.4 Å². The molecule has 1 aromatic carbocycles. The molecule has 1 fully saturated rings. The van der Waals surface area contributed by atoms with E-state index in [9.17, 15) is 19.7 Å². The third kappa shape index (κ3) is 5.15. The molecule has 0 aromatic heterocycles. The van der Waals surface area contributed by atoms with Gasteiger partial charge in [-0.3, -0.25) is 24.6 Å². The number of nitrogens with one attached hydrogen (secondary N) is 3. The Kier molecular flexibility index (Phi) is 6.47. The average molecular weight is 356 g/mol. The fourth-order valence-corrected chi connectivity index (χ4v) is 2.41. The molecule has 0 saturated carbocycles. The Balaban J connectivity index is 1.83. The molecule has 1 heterocycles.